The summed E-state index contributed by atoms with van der Waals surface area (Å²) in [7, 11) is 5.60. The first kappa shape index (κ1) is 21.7. The standard InChI is InChI=1S/C27H29N7O/c1-32(2)26(35)20-8-27(9-20)10-24(11-27)34-17-23(15-31-34)21-12-28-25(29-13-21)19-6-4-5-18(7-19)22-14-30-33(3)16-22/h4-7,12-17,20,24H,8-11H2,1-3H3. The number of aromatic nitrogens is 6. The molecule has 4 aromatic rings. The molecule has 2 aliphatic carbocycles. The predicted molar refractivity (Wildman–Crippen MR) is 133 cm³/mol. The largest absolute Gasteiger partial charge is 0.349 e. The number of carbonyl (C=O) groups is 1. The third-order valence-electron chi connectivity index (χ3n) is 7.61. The topological polar surface area (TPSA) is 81.7 Å². The molecule has 0 saturated heterocycles. The summed E-state index contributed by atoms with van der Waals surface area (Å²) in [5.41, 5.74) is 5.46. The Hall–Kier alpha value is -3.81. The van der Waals surface area contributed by atoms with Crippen molar-refractivity contribution in [2.45, 2.75) is 31.7 Å². The molecule has 1 spiro atoms. The van der Waals surface area contributed by atoms with E-state index in [1.54, 1.807) is 9.58 Å². The molecule has 8 heteroatoms. The summed E-state index contributed by atoms with van der Waals surface area (Å²) in [5.74, 6) is 1.17. The van der Waals surface area contributed by atoms with E-state index in [0.717, 1.165) is 53.5 Å². The van der Waals surface area contributed by atoms with Gasteiger partial charge in [0.25, 0.3) is 0 Å². The summed E-state index contributed by atoms with van der Waals surface area (Å²) in [6, 6.07) is 8.61. The summed E-state index contributed by atoms with van der Waals surface area (Å²) >= 11 is 0. The fourth-order valence-corrected chi connectivity index (χ4v) is 5.71. The summed E-state index contributed by atoms with van der Waals surface area (Å²) < 4.78 is 3.87. The van der Waals surface area contributed by atoms with E-state index in [-0.39, 0.29) is 11.8 Å². The maximum atomic E-state index is 12.2. The lowest BCUT2D eigenvalue weighted by Crippen LogP contribution is -2.52. The molecule has 2 fully saturated rings. The molecule has 3 aromatic heterocycles. The zero-order chi connectivity index (χ0) is 24.2. The van der Waals surface area contributed by atoms with Gasteiger partial charge in [-0.05, 0) is 42.7 Å². The molecule has 0 aliphatic heterocycles. The van der Waals surface area contributed by atoms with E-state index in [2.05, 4.69) is 43.2 Å². The zero-order valence-electron chi connectivity index (χ0n) is 20.3. The zero-order valence-corrected chi connectivity index (χ0v) is 20.3. The van der Waals surface area contributed by atoms with Crippen molar-refractivity contribution in [2.24, 2.45) is 18.4 Å². The van der Waals surface area contributed by atoms with Crippen LogP contribution in [0.5, 0.6) is 0 Å². The highest BCUT2D eigenvalue weighted by atomic mass is 16.2. The smallest absolute Gasteiger partial charge is 0.225 e. The van der Waals surface area contributed by atoms with Crippen LogP contribution in [0.3, 0.4) is 0 Å². The quantitative estimate of drug-likeness (QED) is 0.439. The van der Waals surface area contributed by atoms with Gasteiger partial charge >= 0.3 is 0 Å². The number of hydrogen-bond acceptors (Lipinski definition) is 5. The van der Waals surface area contributed by atoms with Crippen molar-refractivity contribution in [1.29, 1.82) is 0 Å². The van der Waals surface area contributed by atoms with Gasteiger partial charge in [-0.1, -0.05) is 18.2 Å². The van der Waals surface area contributed by atoms with Gasteiger partial charge in [0.15, 0.2) is 5.82 Å². The number of aryl methyl sites for hydroxylation is 1. The minimum Gasteiger partial charge on any atom is -0.349 e. The maximum Gasteiger partial charge on any atom is 0.225 e. The number of rotatable bonds is 5. The highest BCUT2D eigenvalue weighted by Gasteiger charge is 2.55. The lowest BCUT2D eigenvalue weighted by Gasteiger charge is -2.57. The molecule has 0 bridgehead atoms. The molecule has 1 amide bonds. The van der Waals surface area contributed by atoms with Crippen LogP contribution >= 0.6 is 0 Å². The monoisotopic (exact) mass is 467 g/mol. The number of carbonyl (C=O) groups excluding carboxylic acids is 1. The van der Waals surface area contributed by atoms with E-state index < -0.39 is 0 Å². The highest BCUT2D eigenvalue weighted by Crippen LogP contribution is 2.62. The molecule has 0 N–H and O–H groups in total. The fourth-order valence-electron chi connectivity index (χ4n) is 5.71. The first-order valence-electron chi connectivity index (χ1n) is 12.1. The Bertz CT molecular complexity index is 1370. The molecule has 6 rings (SSSR count). The van der Waals surface area contributed by atoms with E-state index in [1.165, 1.54) is 0 Å². The van der Waals surface area contributed by atoms with Gasteiger partial charge in [0.1, 0.15) is 0 Å². The second-order valence-corrected chi connectivity index (χ2v) is 10.4. The van der Waals surface area contributed by atoms with E-state index in [0.29, 0.717) is 17.3 Å². The van der Waals surface area contributed by atoms with Gasteiger partial charge in [0.05, 0.1) is 18.4 Å². The van der Waals surface area contributed by atoms with Gasteiger partial charge in [-0.25, -0.2) is 9.97 Å². The van der Waals surface area contributed by atoms with Crippen LogP contribution in [0.4, 0.5) is 0 Å². The molecule has 35 heavy (non-hydrogen) atoms. The van der Waals surface area contributed by atoms with Gasteiger partial charge < -0.3 is 4.90 Å². The average Bonchev–Trinajstić information content (AvgIpc) is 3.47. The van der Waals surface area contributed by atoms with Crippen molar-refractivity contribution < 1.29 is 4.79 Å². The van der Waals surface area contributed by atoms with Crippen LogP contribution in [0.15, 0.2) is 61.4 Å². The highest BCUT2D eigenvalue weighted by molar-refractivity contribution is 5.79. The molecule has 2 saturated carbocycles. The van der Waals surface area contributed by atoms with E-state index in [4.69, 9.17) is 0 Å². The third kappa shape index (κ3) is 3.92. The minimum atomic E-state index is 0.208. The van der Waals surface area contributed by atoms with Crippen molar-refractivity contribution in [3.8, 4) is 33.6 Å². The van der Waals surface area contributed by atoms with Crippen LogP contribution in [0.1, 0.15) is 31.7 Å². The second kappa shape index (κ2) is 8.15. The molecule has 0 unspecified atom stereocenters. The SMILES string of the molecule is CN(C)C(=O)C1CC2(C1)CC(n1cc(-c3cnc(-c4cccc(-c5cnn(C)c5)c4)nc3)cn1)C2. The van der Waals surface area contributed by atoms with Crippen LogP contribution in [0.2, 0.25) is 0 Å². The van der Waals surface area contributed by atoms with Crippen LogP contribution in [0, 0.1) is 11.3 Å². The van der Waals surface area contributed by atoms with E-state index >= 15 is 0 Å². The molecule has 3 heterocycles. The Kier molecular flexibility index (Phi) is 5.05. The van der Waals surface area contributed by atoms with Crippen LogP contribution < -0.4 is 0 Å². The molecule has 1 aromatic carbocycles. The predicted octanol–water partition coefficient (Wildman–Crippen LogP) is 4.23. The number of benzene rings is 1. The molecular weight excluding hydrogens is 438 g/mol. The van der Waals surface area contributed by atoms with Crippen molar-refractivity contribution in [3.05, 3.63) is 61.4 Å². The Balaban J connectivity index is 1.11. The van der Waals surface area contributed by atoms with Crippen LogP contribution in [-0.2, 0) is 11.8 Å². The fraction of sp³-hybridized carbons (Fsp3) is 0.370. The Morgan fingerprint density at radius 1 is 0.886 bits per heavy atom. The van der Waals surface area contributed by atoms with Crippen molar-refractivity contribution >= 4 is 5.91 Å². The number of amides is 1. The van der Waals surface area contributed by atoms with Gasteiger partial charge in [-0.15, -0.1) is 0 Å². The molecule has 0 atom stereocenters. The lowest BCUT2D eigenvalue weighted by atomic mass is 9.50. The summed E-state index contributed by atoms with van der Waals surface area (Å²) in [6.45, 7) is 0. The molecule has 0 radical (unpaired) electrons. The summed E-state index contributed by atoms with van der Waals surface area (Å²) in [5, 5.41) is 8.89. The summed E-state index contributed by atoms with van der Waals surface area (Å²) in [6.07, 6.45) is 15.8. The lowest BCUT2D eigenvalue weighted by molar-refractivity contribution is -0.148. The average molecular weight is 468 g/mol. The summed E-state index contributed by atoms with van der Waals surface area (Å²) in [4.78, 5) is 23.1. The number of hydrogen-bond donors (Lipinski definition) is 0. The molecule has 2 aliphatic rings. The van der Waals surface area contributed by atoms with Gasteiger partial charge in [-0.3, -0.25) is 14.2 Å². The van der Waals surface area contributed by atoms with Crippen LogP contribution in [0.25, 0.3) is 33.6 Å². The van der Waals surface area contributed by atoms with Crippen molar-refractivity contribution in [2.75, 3.05) is 14.1 Å². The first-order valence-corrected chi connectivity index (χ1v) is 12.1. The molecular formula is C27H29N7O. The van der Waals surface area contributed by atoms with Crippen molar-refractivity contribution in [3.63, 3.8) is 0 Å². The molecule has 8 nitrogen and oxygen atoms in total. The van der Waals surface area contributed by atoms with Gasteiger partial charge in [-0.2, -0.15) is 10.2 Å². The normalized spacial score (nSPS) is 23.1. The van der Waals surface area contributed by atoms with Gasteiger partial charge in [0, 0.05) is 74.1 Å². The minimum absolute atomic E-state index is 0.208. The maximum absolute atomic E-state index is 12.2. The van der Waals surface area contributed by atoms with E-state index in [9.17, 15) is 4.79 Å². The Morgan fingerprint density at radius 2 is 1.57 bits per heavy atom. The Morgan fingerprint density at radius 3 is 2.26 bits per heavy atom. The van der Waals surface area contributed by atoms with Crippen molar-refractivity contribution in [1.82, 2.24) is 34.4 Å². The van der Waals surface area contributed by atoms with Crippen LogP contribution in [-0.4, -0.2) is 54.4 Å². The molecule has 178 valence electrons. The van der Waals surface area contributed by atoms with Gasteiger partial charge in [0.2, 0.25) is 5.91 Å². The third-order valence-corrected chi connectivity index (χ3v) is 7.61. The first-order chi connectivity index (χ1) is 16.9. The number of nitrogens with zero attached hydrogens (tertiary/aromatic N) is 7. The second-order valence-electron chi connectivity index (χ2n) is 10.4. The van der Waals surface area contributed by atoms with E-state index in [1.807, 2.05) is 64.3 Å². The Labute approximate surface area is 204 Å².